The van der Waals surface area contributed by atoms with E-state index < -0.39 is 10.0 Å². The van der Waals surface area contributed by atoms with Crippen molar-refractivity contribution in [2.45, 2.75) is 57.5 Å². The fourth-order valence-electron chi connectivity index (χ4n) is 3.41. The lowest BCUT2D eigenvalue weighted by atomic mass is 9.95. The first-order valence-electron chi connectivity index (χ1n) is 11.1. The van der Waals surface area contributed by atoms with Gasteiger partial charge in [-0.05, 0) is 68.5 Å². The first-order chi connectivity index (χ1) is 15.2. The Kier molecular flexibility index (Phi) is 7.79. The first-order valence-corrected chi connectivity index (χ1v) is 12.6. The van der Waals surface area contributed by atoms with E-state index in [0.717, 1.165) is 18.4 Å². The molecule has 1 fully saturated rings. The topological polar surface area (TPSA) is 93.7 Å². The molecular formula is C24H32N2O5S. The molecule has 1 aliphatic carbocycles. The SMILES string of the molecule is CCOc1ccc(C(NC(=O)c2cccc(S(=O)(=O)NC3CC3)c2)C(C)C)cc1OCC. The van der Waals surface area contributed by atoms with Gasteiger partial charge in [0.05, 0.1) is 24.2 Å². The van der Waals surface area contributed by atoms with Gasteiger partial charge < -0.3 is 14.8 Å². The molecule has 8 heteroatoms. The molecule has 2 N–H and O–H groups in total. The van der Waals surface area contributed by atoms with Crippen LogP contribution in [0.25, 0.3) is 0 Å². The Bertz CT molecular complexity index is 1050. The molecule has 3 rings (SSSR count). The number of hydrogen-bond donors (Lipinski definition) is 2. The maximum Gasteiger partial charge on any atom is 0.251 e. The zero-order valence-electron chi connectivity index (χ0n) is 19.1. The minimum Gasteiger partial charge on any atom is -0.490 e. The second-order valence-corrected chi connectivity index (χ2v) is 9.90. The molecule has 1 aliphatic rings. The van der Waals surface area contributed by atoms with Crippen LogP contribution in [0.4, 0.5) is 0 Å². The van der Waals surface area contributed by atoms with Crippen LogP contribution in [0.5, 0.6) is 11.5 Å². The zero-order valence-corrected chi connectivity index (χ0v) is 19.9. The molecule has 1 atom stereocenters. The number of rotatable bonds is 11. The third-order valence-electron chi connectivity index (χ3n) is 5.19. The van der Waals surface area contributed by atoms with Gasteiger partial charge in [-0.1, -0.05) is 26.0 Å². The van der Waals surface area contributed by atoms with Crippen molar-refractivity contribution in [3.05, 3.63) is 53.6 Å². The summed E-state index contributed by atoms with van der Waals surface area (Å²) in [5.74, 6) is 1.05. The number of benzene rings is 2. The van der Waals surface area contributed by atoms with Crippen LogP contribution in [-0.4, -0.2) is 33.6 Å². The summed E-state index contributed by atoms with van der Waals surface area (Å²) in [4.78, 5) is 13.1. The minimum atomic E-state index is -3.63. The largest absolute Gasteiger partial charge is 0.490 e. The van der Waals surface area contributed by atoms with Crippen LogP contribution in [0.15, 0.2) is 47.4 Å². The fourth-order valence-corrected chi connectivity index (χ4v) is 4.76. The van der Waals surface area contributed by atoms with E-state index in [-0.39, 0.29) is 28.8 Å². The van der Waals surface area contributed by atoms with Crippen molar-refractivity contribution >= 4 is 15.9 Å². The number of hydrogen-bond acceptors (Lipinski definition) is 5. The van der Waals surface area contributed by atoms with E-state index in [0.29, 0.717) is 30.3 Å². The van der Waals surface area contributed by atoms with Gasteiger partial charge in [-0.2, -0.15) is 0 Å². The van der Waals surface area contributed by atoms with Crippen molar-refractivity contribution in [2.75, 3.05) is 13.2 Å². The maximum absolute atomic E-state index is 13.0. The van der Waals surface area contributed by atoms with Gasteiger partial charge >= 0.3 is 0 Å². The summed E-state index contributed by atoms with van der Waals surface area (Å²) >= 11 is 0. The van der Waals surface area contributed by atoms with E-state index in [2.05, 4.69) is 10.0 Å². The third kappa shape index (κ3) is 6.01. The number of amides is 1. The van der Waals surface area contributed by atoms with Crippen molar-refractivity contribution in [3.8, 4) is 11.5 Å². The number of carbonyl (C=O) groups excluding carboxylic acids is 1. The van der Waals surface area contributed by atoms with Gasteiger partial charge in [-0.25, -0.2) is 13.1 Å². The molecule has 1 unspecified atom stereocenters. The molecule has 0 aromatic heterocycles. The fraction of sp³-hybridized carbons (Fsp3) is 0.458. The highest BCUT2D eigenvalue weighted by Gasteiger charge is 2.28. The quantitative estimate of drug-likeness (QED) is 0.528. The average Bonchev–Trinajstić information content (AvgIpc) is 3.56. The van der Waals surface area contributed by atoms with E-state index in [4.69, 9.17) is 9.47 Å². The number of nitrogens with one attached hydrogen (secondary N) is 2. The average molecular weight is 461 g/mol. The van der Waals surface area contributed by atoms with Gasteiger partial charge in [-0.15, -0.1) is 0 Å². The maximum atomic E-state index is 13.0. The molecule has 0 aliphatic heterocycles. The van der Waals surface area contributed by atoms with Gasteiger partial charge in [0.25, 0.3) is 5.91 Å². The van der Waals surface area contributed by atoms with Crippen molar-refractivity contribution in [3.63, 3.8) is 0 Å². The monoisotopic (exact) mass is 460 g/mol. The highest BCUT2D eigenvalue weighted by Crippen LogP contribution is 2.33. The van der Waals surface area contributed by atoms with E-state index >= 15 is 0 Å². The molecule has 1 saturated carbocycles. The molecule has 1 amide bonds. The Balaban J connectivity index is 1.83. The molecule has 0 heterocycles. The predicted molar refractivity (Wildman–Crippen MR) is 124 cm³/mol. The summed E-state index contributed by atoms with van der Waals surface area (Å²) in [6, 6.07) is 11.5. The van der Waals surface area contributed by atoms with Crippen molar-refractivity contribution in [1.82, 2.24) is 10.0 Å². The third-order valence-corrected chi connectivity index (χ3v) is 6.70. The Morgan fingerprint density at radius 2 is 1.72 bits per heavy atom. The normalized spacial score (nSPS) is 14.8. The molecule has 2 aromatic rings. The Morgan fingerprint density at radius 3 is 2.34 bits per heavy atom. The number of carbonyl (C=O) groups is 1. The predicted octanol–water partition coefficient (Wildman–Crippen LogP) is 4.05. The standard InChI is InChI=1S/C24H32N2O5S/c1-5-30-21-13-10-17(15-22(21)31-6-2)23(16(3)4)25-24(27)18-8-7-9-20(14-18)32(28,29)26-19-11-12-19/h7-10,13-16,19,23,26H,5-6,11-12H2,1-4H3,(H,25,27). The van der Waals surface area contributed by atoms with Crippen molar-refractivity contribution < 1.29 is 22.7 Å². The highest BCUT2D eigenvalue weighted by atomic mass is 32.2. The Labute approximate surface area is 190 Å². The van der Waals surface area contributed by atoms with Gasteiger partial charge in [-0.3, -0.25) is 4.79 Å². The van der Waals surface area contributed by atoms with E-state index in [1.807, 2.05) is 45.9 Å². The first kappa shape index (κ1) is 24.1. The molecule has 0 spiro atoms. The molecule has 32 heavy (non-hydrogen) atoms. The second-order valence-electron chi connectivity index (χ2n) is 8.19. The number of sulfonamides is 1. The van der Waals surface area contributed by atoms with Gasteiger partial charge in [0.15, 0.2) is 11.5 Å². The van der Waals surface area contributed by atoms with Gasteiger partial charge in [0.2, 0.25) is 10.0 Å². The lowest BCUT2D eigenvalue weighted by molar-refractivity contribution is 0.0925. The van der Waals surface area contributed by atoms with Crippen molar-refractivity contribution in [2.24, 2.45) is 5.92 Å². The zero-order chi connectivity index (χ0) is 23.3. The second kappa shape index (κ2) is 10.4. The molecule has 2 aromatic carbocycles. The lowest BCUT2D eigenvalue weighted by Gasteiger charge is -2.24. The summed E-state index contributed by atoms with van der Waals surface area (Å²) in [5.41, 5.74) is 1.18. The van der Waals surface area contributed by atoms with E-state index in [1.165, 1.54) is 12.1 Å². The molecule has 7 nitrogen and oxygen atoms in total. The Morgan fingerprint density at radius 1 is 1.03 bits per heavy atom. The minimum absolute atomic E-state index is 0.00185. The Hall–Kier alpha value is -2.58. The molecule has 174 valence electrons. The van der Waals surface area contributed by atoms with Gasteiger partial charge in [0.1, 0.15) is 0 Å². The number of ether oxygens (including phenoxy) is 2. The van der Waals surface area contributed by atoms with Crippen LogP contribution in [-0.2, 0) is 10.0 Å². The van der Waals surface area contributed by atoms with E-state index in [9.17, 15) is 13.2 Å². The molecular weight excluding hydrogens is 428 g/mol. The smallest absolute Gasteiger partial charge is 0.251 e. The van der Waals surface area contributed by atoms with Crippen LogP contribution in [0, 0.1) is 5.92 Å². The summed E-state index contributed by atoms with van der Waals surface area (Å²) in [6.45, 7) is 8.87. The lowest BCUT2D eigenvalue weighted by Crippen LogP contribution is -2.32. The molecule has 0 saturated heterocycles. The van der Waals surface area contributed by atoms with E-state index in [1.54, 1.807) is 12.1 Å². The van der Waals surface area contributed by atoms with Crippen molar-refractivity contribution in [1.29, 1.82) is 0 Å². The summed E-state index contributed by atoms with van der Waals surface area (Å²) < 4.78 is 39.1. The van der Waals surface area contributed by atoms with Crippen LogP contribution in [0.1, 0.15) is 62.5 Å². The summed E-state index contributed by atoms with van der Waals surface area (Å²) in [5, 5.41) is 3.05. The van der Waals surface area contributed by atoms with Crippen LogP contribution < -0.4 is 19.5 Å². The van der Waals surface area contributed by atoms with Crippen LogP contribution in [0.3, 0.4) is 0 Å². The summed E-state index contributed by atoms with van der Waals surface area (Å²) in [6.07, 6.45) is 1.70. The molecule has 0 radical (unpaired) electrons. The summed E-state index contributed by atoms with van der Waals surface area (Å²) in [7, 11) is -3.63. The molecule has 0 bridgehead atoms. The highest BCUT2D eigenvalue weighted by molar-refractivity contribution is 7.89. The van der Waals surface area contributed by atoms with Gasteiger partial charge in [0, 0.05) is 11.6 Å². The van der Waals surface area contributed by atoms with Crippen LogP contribution >= 0.6 is 0 Å². The van der Waals surface area contributed by atoms with Crippen LogP contribution in [0.2, 0.25) is 0 Å².